The molecular weight excluding hydrogens is 199 g/mol. The number of hydrogen-bond donors (Lipinski definition) is 0. The average molecular weight is 206 g/mol. The molecule has 0 fully saturated rings. The molecule has 0 saturated carbocycles. The number of hydrogen-bond acceptors (Lipinski definition) is 2. The third-order valence-corrected chi connectivity index (χ3v) is 2.04. The standard InChI is InChI=1S/C10H7FN2O2/c11-9-2-1-5-12-6-3-8(10(9)12)4-7-13(14)15/h1-7H/b7-4+. The van der Waals surface area contributed by atoms with Crippen LogP contribution in [0.3, 0.4) is 0 Å². The van der Waals surface area contributed by atoms with Crippen molar-refractivity contribution in [3.05, 3.63) is 58.3 Å². The summed E-state index contributed by atoms with van der Waals surface area (Å²) in [7, 11) is 0. The van der Waals surface area contributed by atoms with Crippen molar-refractivity contribution in [3.8, 4) is 0 Å². The minimum atomic E-state index is -0.579. The van der Waals surface area contributed by atoms with Crippen molar-refractivity contribution in [3.63, 3.8) is 0 Å². The van der Waals surface area contributed by atoms with E-state index in [-0.39, 0.29) is 0 Å². The van der Waals surface area contributed by atoms with Gasteiger partial charge in [-0.3, -0.25) is 10.1 Å². The first kappa shape index (κ1) is 9.39. The number of aromatic nitrogens is 1. The molecule has 76 valence electrons. The van der Waals surface area contributed by atoms with Gasteiger partial charge in [0.2, 0.25) is 6.20 Å². The second kappa shape index (κ2) is 3.53. The molecule has 2 aromatic heterocycles. The third kappa shape index (κ3) is 1.71. The van der Waals surface area contributed by atoms with Gasteiger partial charge in [-0.15, -0.1) is 0 Å². The Labute approximate surface area is 84.4 Å². The van der Waals surface area contributed by atoms with E-state index in [1.807, 2.05) is 0 Å². The van der Waals surface area contributed by atoms with Gasteiger partial charge in [0.1, 0.15) is 5.82 Å². The Kier molecular flexibility index (Phi) is 2.21. The molecule has 5 heteroatoms. The van der Waals surface area contributed by atoms with Crippen LogP contribution in [0.2, 0.25) is 0 Å². The number of pyridine rings is 1. The molecule has 0 unspecified atom stereocenters. The largest absolute Gasteiger partial charge is 0.321 e. The Morgan fingerprint density at radius 2 is 2.20 bits per heavy atom. The molecule has 0 saturated heterocycles. The van der Waals surface area contributed by atoms with Crippen LogP contribution in [0.5, 0.6) is 0 Å². The molecule has 0 spiro atoms. The summed E-state index contributed by atoms with van der Waals surface area (Å²) in [6.45, 7) is 0. The molecule has 0 aliphatic carbocycles. The minimum absolute atomic E-state index is 0.343. The topological polar surface area (TPSA) is 47.5 Å². The molecule has 2 rings (SSSR count). The quantitative estimate of drug-likeness (QED) is 0.559. The van der Waals surface area contributed by atoms with Gasteiger partial charge in [0.25, 0.3) is 0 Å². The van der Waals surface area contributed by atoms with Crippen LogP contribution < -0.4 is 0 Å². The molecule has 0 aliphatic heterocycles. The lowest BCUT2D eigenvalue weighted by atomic mass is 10.2. The van der Waals surface area contributed by atoms with Crippen LogP contribution in [0.25, 0.3) is 11.6 Å². The lowest BCUT2D eigenvalue weighted by Crippen LogP contribution is -1.87. The number of nitro groups is 1. The number of nitrogens with zero attached hydrogens (tertiary/aromatic N) is 2. The number of halogens is 1. The molecule has 15 heavy (non-hydrogen) atoms. The highest BCUT2D eigenvalue weighted by molar-refractivity contribution is 5.70. The van der Waals surface area contributed by atoms with Crippen LogP contribution in [-0.2, 0) is 0 Å². The predicted molar refractivity (Wildman–Crippen MR) is 53.4 cm³/mol. The van der Waals surface area contributed by atoms with Gasteiger partial charge in [-0.2, -0.15) is 0 Å². The fraction of sp³-hybridized carbons (Fsp3) is 0. The zero-order chi connectivity index (χ0) is 10.8. The second-order valence-corrected chi connectivity index (χ2v) is 2.98. The summed E-state index contributed by atoms with van der Waals surface area (Å²) in [6, 6.07) is 4.51. The van der Waals surface area contributed by atoms with Crippen molar-refractivity contribution in [2.24, 2.45) is 0 Å². The van der Waals surface area contributed by atoms with Gasteiger partial charge in [-0.1, -0.05) is 0 Å². The smallest absolute Gasteiger partial charge is 0.235 e. The Hall–Kier alpha value is -2.17. The van der Waals surface area contributed by atoms with E-state index in [1.165, 1.54) is 12.1 Å². The highest BCUT2D eigenvalue weighted by Gasteiger charge is 2.05. The van der Waals surface area contributed by atoms with Crippen LogP contribution in [0.15, 0.2) is 36.8 Å². The maximum atomic E-state index is 13.4. The Morgan fingerprint density at radius 3 is 2.93 bits per heavy atom. The Bertz CT molecular complexity index is 545. The van der Waals surface area contributed by atoms with E-state index in [0.717, 1.165) is 6.20 Å². The normalized spacial score (nSPS) is 11.3. The fourth-order valence-electron chi connectivity index (χ4n) is 1.42. The van der Waals surface area contributed by atoms with E-state index in [1.54, 1.807) is 28.9 Å². The van der Waals surface area contributed by atoms with E-state index in [4.69, 9.17) is 0 Å². The average Bonchev–Trinajstić information content (AvgIpc) is 2.59. The monoisotopic (exact) mass is 206 g/mol. The van der Waals surface area contributed by atoms with Crippen LogP contribution in [-0.4, -0.2) is 9.32 Å². The van der Waals surface area contributed by atoms with Crippen LogP contribution in [0.4, 0.5) is 4.39 Å². The lowest BCUT2D eigenvalue weighted by molar-refractivity contribution is -0.400. The van der Waals surface area contributed by atoms with E-state index < -0.39 is 10.7 Å². The SMILES string of the molecule is O=[N+]([O-])/C=C/c1ccn2cccc(F)c12. The van der Waals surface area contributed by atoms with Gasteiger partial charge in [-0.25, -0.2) is 4.39 Å². The summed E-state index contributed by atoms with van der Waals surface area (Å²) < 4.78 is 15.0. The minimum Gasteiger partial charge on any atom is -0.321 e. The van der Waals surface area contributed by atoms with Crippen LogP contribution in [0.1, 0.15) is 5.56 Å². The summed E-state index contributed by atoms with van der Waals surface area (Å²) in [6.07, 6.45) is 5.40. The molecule has 0 N–H and O–H groups in total. The molecule has 0 bridgehead atoms. The van der Waals surface area contributed by atoms with Gasteiger partial charge in [-0.05, 0) is 18.2 Å². The highest BCUT2D eigenvalue weighted by Crippen LogP contribution is 2.17. The summed E-state index contributed by atoms with van der Waals surface area (Å²) in [4.78, 5) is 9.55. The van der Waals surface area contributed by atoms with Gasteiger partial charge >= 0.3 is 0 Å². The van der Waals surface area contributed by atoms with Gasteiger partial charge in [0.15, 0.2) is 0 Å². The molecule has 0 radical (unpaired) electrons. The summed E-state index contributed by atoms with van der Waals surface area (Å²) >= 11 is 0. The van der Waals surface area contributed by atoms with Gasteiger partial charge < -0.3 is 4.40 Å². The maximum absolute atomic E-state index is 13.4. The zero-order valence-corrected chi connectivity index (χ0v) is 7.63. The van der Waals surface area contributed by atoms with Crippen molar-refractivity contribution < 1.29 is 9.31 Å². The molecule has 0 aliphatic rings. The van der Waals surface area contributed by atoms with Gasteiger partial charge in [0, 0.05) is 24.0 Å². The third-order valence-electron chi connectivity index (χ3n) is 2.04. The molecule has 4 nitrogen and oxygen atoms in total. The number of fused-ring (bicyclic) bond motifs is 1. The molecule has 2 aromatic rings. The highest BCUT2D eigenvalue weighted by atomic mass is 19.1. The molecule has 0 amide bonds. The van der Waals surface area contributed by atoms with Gasteiger partial charge in [0.05, 0.1) is 10.4 Å². The van der Waals surface area contributed by atoms with E-state index in [2.05, 4.69) is 0 Å². The first-order chi connectivity index (χ1) is 7.18. The molecule has 2 heterocycles. The van der Waals surface area contributed by atoms with Crippen molar-refractivity contribution in [1.29, 1.82) is 0 Å². The van der Waals surface area contributed by atoms with Crippen molar-refractivity contribution in [2.45, 2.75) is 0 Å². The summed E-state index contributed by atoms with van der Waals surface area (Å²) in [5.74, 6) is -0.398. The van der Waals surface area contributed by atoms with Crippen LogP contribution >= 0.6 is 0 Å². The predicted octanol–water partition coefficient (Wildman–Crippen LogP) is 2.33. The fourth-order valence-corrected chi connectivity index (χ4v) is 1.42. The molecule has 0 aromatic carbocycles. The van der Waals surface area contributed by atoms with Crippen molar-refractivity contribution in [2.75, 3.05) is 0 Å². The summed E-state index contributed by atoms with van der Waals surface area (Å²) in [5.41, 5.74) is 0.834. The molecule has 0 atom stereocenters. The Morgan fingerprint density at radius 1 is 1.40 bits per heavy atom. The van der Waals surface area contributed by atoms with E-state index in [0.29, 0.717) is 11.1 Å². The maximum Gasteiger partial charge on any atom is 0.235 e. The van der Waals surface area contributed by atoms with Crippen molar-refractivity contribution in [1.82, 2.24) is 4.40 Å². The van der Waals surface area contributed by atoms with Crippen LogP contribution in [0, 0.1) is 15.9 Å². The first-order valence-corrected chi connectivity index (χ1v) is 4.25. The number of rotatable bonds is 2. The van der Waals surface area contributed by atoms with Crippen molar-refractivity contribution >= 4 is 11.6 Å². The zero-order valence-electron chi connectivity index (χ0n) is 7.63. The second-order valence-electron chi connectivity index (χ2n) is 2.98. The summed E-state index contributed by atoms with van der Waals surface area (Å²) in [5, 5.41) is 10.1. The van der Waals surface area contributed by atoms with E-state index in [9.17, 15) is 14.5 Å². The molecular formula is C10H7FN2O2. The lowest BCUT2D eigenvalue weighted by Gasteiger charge is -1.96. The van der Waals surface area contributed by atoms with E-state index >= 15 is 0 Å². The Balaban J connectivity index is 2.57. The first-order valence-electron chi connectivity index (χ1n) is 4.25.